The maximum Gasteiger partial charge on any atom is 0.150 e. The molecule has 2 aromatic carbocycles. The standard InChI is InChI=1S/C24H21BCl3N5/c25-19-13-29-33-23(12-22(31-24(19)33)18-3-1-2-4-21(18)28)30-17-7-9-32(10-8-17)14-15-11-16(26)5-6-20(15)27/h1-6,11-13,17,30H,7-10,14H2. The van der Waals surface area contributed by atoms with E-state index in [9.17, 15) is 0 Å². The average Bonchev–Trinajstić information content (AvgIpc) is 3.19. The number of nitrogens with zero attached hydrogens (tertiary/aromatic N) is 4. The Bertz CT molecular complexity index is 1300. The summed E-state index contributed by atoms with van der Waals surface area (Å²) >= 11 is 18.9. The van der Waals surface area contributed by atoms with E-state index in [-0.39, 0.29) is 0 Å². The number of halogens is 3. The van der Waals surface area contributed by atoms with Crippen LogP contribution < -0.4 is 10.8 Å². The van der Waals surface area contributed by atoms with Crippen molar-refractivity contribution in [1.29, 1.82) is 0 Å². The molecule has 9 heteroatoms. The van der Waals surface area contributed by atoms with Crippen LogP contribution in [0, 0.1) is 0 Å². The van der Waals surface area contributed by atoms with Gasteiger partial charge in [0.1, 0.15) is 13.7 Å². The molecule has 2 aromatic heterocycles. The number of anilines is 1. The van der Waals surface area contributed by atoms with Crippen molar-refractivity contribution in [1.82, 2.24) is 19.5 Å². The third-order valence-electron chi connectivity index (χ3n) is 5.99. The molecule has 166 valence electrons. The summed E-state index contributed by atoms with van der Waals surface area (Å²) in [6.07, 6.45) is 3.60. The topological polar surface area (TPSA) is 45.5 Å². The molecule has 4 aromatic rings. The lowest BCUT2D eigenvalue weighted by Crippen LogP contribution is -2.39. The van der Waals surface area contributed by atoms with Crippen molar-refractivity contribution in [3.63, 3.8) is 0 Å². The predicted octanol–water partition coefficient (Wildman–Crippen LogP) is 5.23. The van der Waals surface area contributed by atoms with Gasteiger partial charge in [-0.25, -0.2) is 4.98 Å². The lowest BCUT2D eigenvalue weighted by Gasteiger charge is -2.33. The Balaban J connectivity index is 1.34. The van der Waals surface area contributed by atoms with Gasteiger partial charge < -0.3 is 5.32 Å². The monoisotopic (exact) mass is 495 g/mol. The minimum absolute atomic E-state index is 0.297. The molecule has 1 aliphatic heterocycles. The molecule has 2 radical (unpaired) electrons. The Morgan fingerprint density at radius 3 is 2.58 bits per heavy atom. The van der Waals surface area contributed by atoms with Crippen molar-refractivity contribution in [2.75, 3.05) is 18.4 Å². The second-order valence-corrected chi connectivity index (χ2v) is 9.52. The normalized spacial score (nSPS) is 15.2. The lowest BCUT2D eigenvalue weighted by atomic mass is 10.0. The predicted molar refractivity (Wildman–Crippen MR) is 137 cm³/mol. The second-order valence-electron chi connectivity index (χ2n) is 8.27. The first-order chi connectivity index (χ1) is 16.0. The third kappa shape index (κ3) is 4.85. The smallest absolute Gasteiger partial charge is 0.150 e. The van der Waals surface area contributed by atoms with Crippen molar-refractivity contribution < 1.29 is 0 Å². The molecule has 0 bridgehead atoms. The van der Waals surface area contributed by atoms with E-state index in [0.29, 0.717) is 27.2 Å². The largest absolute Gasteiger partial charge is 0.367 e. The highest BCUT2D eigenvalue weighted by Crippen LogP contribution is 2.29. The highest BCUT2D eigenvalue weighted by atomic mass is 35.5. The van der Waals surface area contributed by atoms with E-state index < -0.39 is 0 Å². The first kappa shape index (κ1) is 22.5. The highest BCUT2D eigenvalue weighted by molar-refractivity contribution is 6.36. The summed E-state index contributed by atoms with van der Waals surface area (Å²) in [6, 6.07) is 15.6. The van der Waals surface area contributed by atoms with E-state index in [4.69, 9.17) is 47.6 Å². The van der Waals surface area contributed by atoms with Crippen LogP contribution >= 0.6 is 34.8 Å². The summed E-state index contributed by atoms with van der Waals surface area (Å²) in [6.45, 7) is 2.69. The molecule has 5 rings (SSSR count). The molecule has 0 amide bonds. The van der Waals surface area contributed by atoms with Crippen molar-refractivity contribution in [2.24, 2.45) is 0 Å². The van der Waals surface area contributed by atoms with E-state index in [1.807, 2.05) is 48.5 Å². The van der Waals surface area contributed by atoms with E-state index in [2.05, 4.69) is 15.3 Å². The summed E-state index contributed by atoms with van der Waals surface area (Å²) in [5.41, 5.74) is 3.82. The van der Waals surface area contributed by atoms with Crippen LogP contribution in [0.15, 0.2) is 54.7 Å². The van der Waals surface area contributed by atoms with E-state index in [1.54, 1.807) is 10.7 Å². The van der Waals surface area contributed by atoms with E-state index >= 15 is 0 Å². The fourth-order valence-electron chi connectivity index (χ4n) is 4.24. The molecule has 1 saturated heterocycles. The number of rotatable bonds is 5. The van der Waals surface area contributed by atoms with Crippen molar-refractivity contribution in [3.8, 4) is 11.3 Å². The van der Waals surface area contributed by atoms with Crippen molar-refractivity contribution >= 4 is 59.6 Å². The molecule has 1 fully saturated rings. The van der Waals surface area contributed by atoms with Gasteiger partial charge in [-0.05, 0) is 48.1 Å². The Morgan fingerprint density at radius 1 is 1.00 bits per heavy atom. The SMILES string of the molecule is [B]c1cnn2c(NC3CCN(Cc4cc(Cl)ccc4Cl)CC3)cc(-c3ccccc3Cl)nc12. The van der Waals surface area contributed by atoms with Gasteiger partial charge in [-0.3, -0.25) is 4.90 Å². The van der Waals surface area contributed by atoms with E-state index in [0.717, 1.165) is 60.1 Å². The number of hydrogen-bond donors (Lipinski definition) is 1. The molecule has 0 spiro atoms. The van der Waals surface area contributed by atoms with Crippen LogP contribution in [0.4, 0.5) is 5.82 Å². The average molecular weight is 497 g/mol. The third-order valence-corrected chi connectivity index (χ3v) is 6.92. The number of hydrogen-bond acceptors (Lipinski definition) is 4. The molecular weight excluding hydrogens is 475 g/mol. The number of aromatic nitrogens is 3. The number of fused-ring (bicyclic) bond motifs is 1. The van der Waals surface area contributed by atoms with Gasteiger partial charge in [-0.1, -0.05) is 53.0 Å². The van der Waals surface area contributed by atoms with Gasteiger partial charge in [0.25, 0.3) is 0 Å². The quantitative estimate of drug-likeness (QED) is 0.385. The molecule has 5 nitrogen and oxygen atoms in total. The molecule has 0 unspecified atom stereocenters. The van der Waals surface area contributed by atoms with Crippen LogP contribution in [0.5, 0.6) is 0 Å². The van der Waals surface area contributed by atoms with Crippen LogP contribution in [-0.4, -0.2) is 46.5 Å². The van der Waals surface area contributed by atoms with Gasteiger partial charge >= 0.3 is 0 Å². The minimum Gasteiger partial charge on any atom is -0.367 e. The zero-order valence-corrected chi connectivity index (χ0v) is 20.1. The van der Waals surface area contributed by atoms with Gasteiger partial charge in [0, 0.05) is 58.6 Å². The maximum atomic E-state index is 6.43. The van der Waals surface area contributed by atoms with Crippen molar-refractivity contribution in [2.45, 2.75) is 25.4 Å². The second kappa shape index (κ2) is 9.55. The minimum atomic E-state index is 0.297. The maximum absolute atomic E-state index is 6.43. The van der Waals surface area contributed by atoms with Crippen LogP contribution in [0.25, 0.3) is 16.9 Å². The van der Waals surface area contributed by atoms with Gasteiger partial charge in [0.2, 0.25) is 0 Å². The fourth-order valence-corrected chi connectivity index (χ4v) is 4.84. The highest BCUT2D eigenvalue weighted by Gasteiger charge is 2.22. The fraction of sp³-hybridized carbons (Fsp3) is 0.250. The summed E-state index contributed by atoms with van der Waals surface area (Å²) in [4.78, 5) is 7.12. The molecular formula is C24H21BCl3N5. The molecule has 1 N–H and O–H groups in total. The number of likely N-dealkylation sites (tertiary alicyclic amines) is 1. The summed E-state index contributed by atoms with van der Waals surface area (Å²) in [7, 11) is 6.14. The van der Waals surface area contributed by atoms with Crippen molar-refractivity contribution in [3.05, 3.63) is 75.4 Å². The van der Waals surface area contributed by atoms with Crippen LogP contribution in [0.2, 0.25) is 15.1 Å². The molecule has 0 aliphatic carbocycles. The Labute approximate surface area is 209 Å². The zero-order chi connectivity index (χ0) is 22.9. The summed E-state index contributed by atoms with van der Waals surface area (Å²) in [5, 5.41) is 10.2. The van der Waals surface area contributed by atoms with Gasteiger partial charge in [-0.15, -0.1) is 0 Å². The van der Waals surface area contributed by atoms with Gasteiger partial charge in [0.15, 0.2) is 5.65 Å². The first-order valence-electron chi connectivity index (χ1n) is 10.8. The van der Waals surface area contributed by atoms with Crippen LogP contribution in [-0.2, 0) is 6.54 Å². The number of benzene rings is 2. The number of piperidine rings is 1. The first-order valence-corrected chi connectivity index (χ1v) is 11.9. The summed E-state index contributed by atoms with van der Waals surface area (Å²) in [5.74, 6) is 0.850. The molecule has 1 aliphatic rings. The Morgan fingerprint density at radius 2 is 1.79 bits per heavy atom. The molecule has 0 atom stereocenters. The van der Waals surface area contributed by atoms with Gasteiger partial charge in [0.05, 0.1) is 5.69 Å². The van der Waals surface area contributed by atoms with Crippen LogP contribution in [0.3, 0.4) is 0 Å². The molecule has 33 heavy (non-hydrogen) atoms. The zero-order valence-electron chi connectivity index (χ0n) is 17.8. The van der Waals surface area contributed by atoms with Crippen LogP contribution in [0.1, 0.15) is 18.4 Å². The summed E-state index contributed by atoms with van der Waals surface area (Å²) < 4.78 is 1.76. The Kier molecular flexibility index (Phi) is 6.52. The van der Waals surface area contributed by atoms with E-state index in [1.165, 1.54) is 0 Å². The lowest BCUT2D eigenvalue weighted by molar-refractivity contribution is 0.211. The molecule has 3 heterocycles. The number of nitrogens with one attached hydrogen (secondary N) is 1. The van der Waals surface area contributed by atoms with Gasteiger partial charge in [-0.2, -0.15) is 9.61 Å². The molecule has 0 saturated carbocycles. The Hall–Kier alpha value is -2.25.